The molecule has 1 aliphatic rings. The first-order valence-corrected chi connectivity index (χ1v) is 7.02. The molecule has 4 nitrogen and oxygen atoms in total. The van der Waals surface area contributed by atoms with Crippen molar-refractivity contribution in [3.63, 3.8) is 0 Å². The summed E-state index contributed by atoms with van der Waals surface area (Å²) in [4.78, 5) is 13.1. The maximum atomic E-state index is 12.9. The second kappa shape index (κ2) is 6.50. The fourth-order valence-corrected chi connectivity index (χ4v) is 2.56. The Morgan fingerprint density at radius 1 is 1.12 bits per heavy atom. The van der Waals surface area contributed by atoms with Gasteiger partial charge in [0, 0.05) is 26.7 Å². The standard InChI is InChI=1S/C14H15F6N3O/c1-21-12(24)23-3-2-22-7-11(23)8-4-9(13(15,16)17)6-10(5-8)14(18,19)20/h4-6,11,22H,2-3,7H2,1H3,(H,21,24). The molecule has 134 valence electrons. The second-order valence-electron chi connectivity index (χ2n) is 5.31. The van der Waals surface area contributed by atoms with E-state index in [1.807, 2.05) is 0 Å². The summed E-state index contributed by atoms with van der Waals surface area (Å²) in [7, 11) is 1.34. The molecule has 0 aliphatic carbocycles. The lowest BCUT2D eigenvalue weighted by atomic mass is 9.97. The van der Waals surface area contributed by atoms with E-state index in [4.69, 9.17) is 0 Å². The molecule has 0 saturated carbocycles. The quantitative estimate of drug-likeness (QED) is 0.761. The average Bonchev–Trinajstić information content (AvgIpc) is 2.52. The van der Waals surface area contributed by atoms with E-state index < -0.39 is 35.6 Å². The van der Waals surface area contributed by atoms with Crippen LogP contribution in [0.4, 0.5) is 31.1 Å². The lowest BCUT2D eigenvalue weighted by molar-refractivity contribution is -0.143. The van der Waals surface area contributed by atoms with Crippen LogP contribution in [-0.2, 0) is 12.4 Å². The summed E-state index contributed by atoms with van der Waals surface area (Å²) < 4.78 is 77.7. The van der Waals surface area contributed by atoms with E-state index in [0.717, 1.165) is 0 Å². The second-order valence-corrected chi connectivity index (χ2v) is 5.31. The average molecular weight is 355 g/mol. The molecule has 1 fully saturated rings. The normalized spacial score (nSPS) is 19.3. The fourth-order valence-electron chi connectivity index (χ4n) is 2.56. The minimum Gasteiger partial charge on any atom is -0.341 e. The van der Waals surface area contributed by atoms with Gasteiger partial charge in [-0.1, -0.05) is 0 Å². The predicted molar refractivity (Wildman–Crippen MR) is 73.2 cm³/mol. The summed E-state index contributed by atoms with van der Waals surface area (Å²) in [5, 5.41) is 5.21. The molecule has 2 amide bonds. The minimum absolute atomic E-state index is 0.0615. The van der Waals surface area contributed by atoms with E-state index in [-0.39, 0.29) is 24.7 Å². The molecule has 1 atom stereocenters. The summed E-state index contributed by atoms with van der Waals surface area (Å²) in [6.45, 7) is 0.628. The fraction of sp³-hybridized carbons (Fsp3) is 0.500. The van der Waals surface area contributed by atoms with E-state index in [0.29, 0.717) is 18.7 Å². The number of nitrogens with one attached hydrogen (secondary N) is 2. The van der Waals surface area contributed by atoms with Gasteiger partial charge in [-0.05, 0) is 23.8 Å². The van der Waals surface area contributed by atoms with E-state index in [2.05, 4.69) is 10.6 Å². The highest BCUT2D eigenvalue weighted by molar-refractivity contribution is 5.74. The number of piperazine rings is 1. The van der Waals surface area contributed by atoms with Crippen molar-refractivity contribution >= 4 is 6.03 Å². The van der Waals surface area contributed by atoms with Crippen molar-refractivity contribution in [2.24, 2.45) is 0 Å². The highest BCUT2D eigenvalue weighted by Crippen LogP contribution is 2.38. The van der Waals surface area contributed by atoms with Gasteiger partial charge < -0.3 is 15.5 Å². The van der Waals surface area contributed by atoms with Gasteiger partial charge in [-0.25, -0.2) is 4.79 Å². The number of benzene rings is 1. The molecular formula is C14H15F6N3O. The van der Waals surface area contributed by atoms with Gasteiger partial charge in [0.1, 0.15) is 0 Å². The van der Waals surface area contributed by atoms with Crippen LogP contribution in [0.25, 0.3) is 0 Å². The third-order valence-electron chi connectivity index (χ3n) is 3.71. The third kappa shape index (κ3) is 3.92. The molecule has 0 bridgehead atoms. The number of nitrogens with zero attached hydrogens (tertiary/aromatic N) is 1. The maximum Gasteiger partial charge on any atom is 0.416 e. The Hall–Kier alpha value is -1.97. The van der Waals surface area contributed by atoms with Crippen LogP contribution >= 0.6 is 0 Å². The lowest BCUT2D eigenvalue weighted by Crippen LogP contribution is -2.51. The van der Waals surface area contributed by atoms with Crippen molar-refractivity contribution in [3.05, 3.63) is 34.9 Å². The number of carbonyl (C=O) groups is 1. The zero-order valence-corrected chi connectivity index (χ0v) is 12.6. The van der Waals surface area contributed by atoms with Crippen molar-refractivity contribution in [1.29, 1.82) is 0 Å². The van der Waals surface area contributed by atoms with Crippen LogP contribution in [0.2, 0.25) is 0 Å². The highest BCUT2D eigenvalue weighted by atomic mass is 19.4. The molecular weight excluding hydrogens is 340 g/mol. The molecule has 1 unspecified atom stereocenters. The van der Waals surface area contributed by atoms with E-state index in [1.54, 1.807) is 0 Å². The molecule has 0 radical (unpaired) electrons. The Morgan fingerprint density at radius 2 is 1.67 bits per heavy atom. The van der Waals surface area contributed by atoms with Gasteiger partial charge >= 0.3 is 18.4 Å². The summed E-state index contributed by atoms with van der Waals surface area (Å²) in [5.74, 6) is 0. The van der Waals surface area contributed by atoms with E-state index in [9.17, 15) is 31.1 Å². The Morgan fingerprint density at radius 3 is 2.12 bits per heavy atom. The molecule has 24 heavy (non-hydrogen) atoms. The highest BCUT2D eigenvalue weighted by Gasteiger charge is 2.38. The molecule has 1 saturated heterocycles. The number of alkyl halides is 6. The lowest BCUT2D eigenvalue weighted by Gasteiger charge is -2.36. The Balaban J connectivity index is 2.53. The first-order valence-electron chi connectivity index (χ1n) is 7.02. The van der Waals surface area contributed by atoms with Crippen LogP contribution in [0, 0.1) is 0 Å². The smallest absolute Gasteiger partial charge is 0.341 e. The molecule has 10 heteroatoms. The number of carbonyl (C=O) groups excluding carboxylic acids is 1. The number of urea groups is 1. The van der Waals surface area contributed by atoms with Crippen LogP contribution in [-0.4, -0.2) is 37.6 Å². The van der Waals surface area contributed by atoms with Crippen LogP contribution in [0.5, 0.6) is 0 Å². The first-order chi connectivity index (χ1) is 11.0. The van der Waals surface area contributed by atoms with Crippen molar-refractivity contribution < 1.29 is 31.1 Å². The number of amides is 2. The summed E-state index contributed by atoms with van der Waals surface area (Å²) in [5.41, 5.74) is -3.00. The van der Waals surface area contributed by atoms with E-state index >= 15 is 0 Å². The van der Waals surface area contributed by atoms with Crippen LogP contribution in [0.15, 0.2) is 18.2 Å². The molecule has 1 aliphatic heterocycles. The van der Waals surface area contributed by atoms with Gasteiger partial charge in [-0.3, -0.25) is 0 Å². The summed E-state index contributed by atoms with van der Waals surface area (Å²) in [6, 6.07) is -0.107. The van der Waals surface area contributed by atoms with Crippen molar-refractivity contribution in [2.45, 2.75) is 18.4 Å². The largest absolute Gasteiger partial charge is 0.416 e. The molecule has 2 rings (SSSR count). The van der Waals surface area contributed by atoms with Gasteiger partial charge in [0.05, 0.1) is 17.2 Å². The maximum absolute atomic E-state index is 12.9. The van der Waals surface area contributed by atoms with Crippen LogP contribution in [0.3, 0.4) is 0 Å². The Labute approximate surface area is 133 Å². The topological polar surface area (TPSA) is 44.4 Å². The monoisotopic (exact) mass is 355 g/mol. The predicted octanol–water partition coefficient (Wildman–Crippen LogP) is 3.01. The number of hydrogen-bond acceptors (Lipinski definition) is 2. The van der Waals surface area contributed by atoms with Gasteiger partial charge in [-0.15, -0.1) is 0 Å². The molecule has 0 aromatic heterocycles. The molecule has 1 heterocycles. The summed E-state index contributed by atoms with van der Waals surface area (Å²) in [6.07, 6.45) is -9.84. The molecule has 1 aromatic carbocycles. The van der Waals surface area contributed by atoms with Crippen molar-refractivity contribution in [3.8, 4) is 0 Å². The summed E-state index contributed by atoms with van der Waals surface area (Å²) >= 11 is 0. The number of hydrogen-bond donors (Lipinski definition) is 2. The van der Waals surface area contributed by atoms with Crippen LogP contribution in [0.1, 0.15) is 22.7 Å². The zero-order chi connectivity index (χ0) is 18.1. The van der Waals surface area contributed by atoms with Crippen LogP contribution < -0.4 is 10.6 Å². The first kappa shape index (κ1) is 18.4. The molecule has 2 N–H and O–H groups in total. The Bertz CT molecular complexity index is 581. The SMILES string of the molecule is CNC(=O)N1CCNCC1c1cc(C(F)(F)F)cc(C(F)(F)F)c1. The minimum atomic E-state index is -4.92. The third-order valence-corrected chi connectivity index (χ3v) is 3.71. The van der Waals surface area contributed by atoms with Gasteiger partial charge in [0.2, 0.25) is 0 Å². The molecule has 0 spiro atoms. The van der Waals surface area contributed by atoms with Gasteiger partial charge in [0.15, 0.2) is 0 Å². The number of halogens is 6. The van der Waals surface area contributed by atoms with Gasteiger partial charge in [-0.2, -0.15) is 26.3 Å². The Kier molecular flexibility index (Phi) is 4.97. The number of rotatable bonds is 1. The van der Waals surface area contributed by atoms with E-state index in [1.165, 1.54) is 11.9 Å². The zero-order valence-electron chi connectivity index (χ0n) is 12.6. The molecule has 1 aromatic rings. The van der Waals surface area contributed by atoms with Crippen molar-refractivity contribution in [1.82, 2.24) is 15.5 Å². The van der Waals surface area contributed by atoms with Gasteiger partial charge in [0.25, 0.3) is 0 Å². The van der Waals surface area contributed by atoms with Crippen molar-refractivity contribution in [2.75, 3.05) is 26.7 Å².